The number of hydrogen-bond acceptors (Lipinski definition) is 4. The van der Waals surface area contributed by atoms with Gasteiger partial charge in [0.15, 0.2) is 19.7 Å². The summed E-state index contributed by atoms with van der Waals surface area (Å²) < 4.78 is 47.6. The summed E-state index contributed by atoms with van der Waals surface area (Å²) in [7, 11) is -6.76. The molecule has 0 saturated carbocycles. The molecule has 0 heterocycles. The second-order valence-electron chi connectivity index (χ2n) is 4.21. The number of sulfone groups is 2. The van der Waals surface area contributed by atoms with E-state index in [0.29, 0.717) is 6.42 Å². The van der Waals surface area contributed by atoms with Crippen LogP contribution < -0.4 is 0 Å². The molecule has 19 heavy (non-hydrogen) atoms. The fourth-order valence-corrected chi connectivity index (χ4v) is 4.29. The second kappa shape index (κ2) is 6.24. The molecule has 1 unspecified atom stereocenters. The Bertz CT molecular complexity index is 618. The van der Waals surface area contributed by atoms with Crippen LogP contribution in [0.15, 0.2) is 34.1 Å². The molecule has 108 valence electrons. The number of halogens is 1. The highest BCUT2D eigenvalue weighted by Gasteiger charge is 2.23. The van der Waals surface area contributed by atoms with Crippen molar-refractivity contribution in [3.63, 3.8) is 0 Å². The summed E-state index contributed by atoms with van der Waals surface area (Å²) in [6.07, 6.45) is 0.360. The van der Waals surface area contributed by atoms with Gasteiger partial charge in [0, 0.05) is 5.88 Å². The lowest BCUT2D eigenvalue weighted by atomic mass is 10.4. The van der Waals surface area contributed by atoms with Gasteiger partial charge in [0.25, 0.3) is 0 Å². The van der Waals surface area contributed by atoms with Gasteiger partial charge in [0.2, 0.25) is 0 Å². The van der Waals surface area contributed by atoms with Crippen molar-refractivity contribution in [3.05, 3.63) is 24.3 Å². The second-order valence-corrected chi connectivity index (χ2v) is 9.23. The van der Waals surface area contributed by atoms with Crippen LogP contribution in [-0.2, 0) is 19.7 Å². The minimum Gasteiger partial charge on any atom is -0.224 e. The fourth-order valence-electron chi connectivity index (χ4n) is 1.54. The van der Waals surface area contributed by atoms with Crippen molar-refractivity contribution < 1.29 is 16.8 Å². The van der Waals surface area contributed by atoms with E-state index in [4.69, 9.17) is 11.6 Å². The Morgan fingerprint density at radius 1 is 1.05 bits per heavy atom. The molecule has 1 aromatic carbocycles. The van der Waals surface area contributed by atoms with Gasteiger partial charge in [0.1, 0.15) is 0 Å². The Hall–Kier alpha value is -0.590. The first kappa shape index (κ1) is 16.5. The third-order valence-corrected chi connectivity index (χ3v) is 7.13. The van der Waals surface area contributed by atoms with E-state index < -0.39 is 24.9 Å². The average Bonchev–Trinajstić information content (AvgIpc) is 2.39. The number of rotatable bonds is 6. The summed E-state index contributed by atoms with van der Waals surface area (Å²) in [4.78, 5) is 0.263. The molecule has 7 heteroatoms. The molecule has 0 aliphatic rings. The van der Waals surface area contributed by atoms with Crippen LogP contribution in [0.5, 0.6) is 0 Å². The SMILES string of the molecule is CCS(=O)(=O)c1ccc(S(=O)(=O)C(C)CCCl)cc1. The van der Waals surface area contributed by atoms with Gasteiger partial charge in [0.05, 0.1) is 20.8 Å². The van der Waals surface area contributed by atoms with Gasteiger partial charge in [-0.05, 0) is 37.6 Å². The molecule has 0 fully saturated rings. The summed E-state index contributed by atoms with van der Waals surface area (Å²) in [5.41, 5.74) is 0. The monoisotopic (exact) mass is 324 g/mol. The van der Waals surface area contributed by atoms with E-state index in [0.717, 1.165) is 0 Å². The summed E-state index contributed by atoms with van der Waals surface area (Å²) in [6, 6.07) is 5.34. The summed E-state index contributed by atoms with van der Waals surface area (Å²) >= 11 is 5.55. The standard InChI is InChI=1S/C12H17ClO4S2/c1-3-18(14,15)11-4-6-12(7-5-11)19(16,17)10(2)8-9-13/h4-7,10H,3,8-9H2,1-2H3. The maximum Gasteiger partial charge on any atom is 0.180 e. The quantitative estimate of drug-likeness (QED) is 0.753. The van der Waals surface area contributed by atoms with Crippen molar-refractivity contribution in [3.8, 4) is 0 Å². The molecular formula is C12H17ClO4S2. The maximum atomic E-state index is 12.1. The van der Waals surface area contributed by atoms with E-state index in [1.807, 2.05) is 0 Å². The molecule has 1 aromatic rings. The molecular weight excluding hydrogens is 308 g/mol. The van der Waals surface area contributed by atoms with Gasteiger partial charge in [-0.2, -0.15) is 0 Å². The minimum absolute atomic E-state index is 0.0122. The molecule has 0 spiro atoms. The summed E-state index contributed by atoms with van der Waals surface area (Å²) in [6.45, 7) is 3.14. The molecule has 0 aliphatic carbocycles. The molecule has 1 atom stereocenters. The van der Waals surface area contributed by atoms with Crippen LogP contribution >= 0.6 is 11.6 Å². The van der Waals surface area contributed by atoms with E-state index in [1.54, 1.807) is 13.8 Å². The number of hydrogen-bond donors (Lipinski definition) is 0. The minimum atomic E-state index is -3.45. The average molecular weight is 325 g/mol. The molecule has 0 radical (unpaired) electrons. The van der Waals surface area contributed by atoms with E-state index in [9.17, 15) is 16.8 Å². The van der Waals surface area contributed by atoms with E-state index in [2.05, 4.69) is 0 Å². The van der Waals surface area contributed by atoms with E-state index in [-0.39, 0.29) is 21.4 Å². The lowest BCUT2D eigenvalue weighted by Crippen LogP contribution is -2.18. The van der Waals surface area contributed by atoms with Crippen molar-refractivity contribution in [2.24, 2.45) is 0 Å². The lowest BCUT2D eigenvalue weighted by Gasteiger charge is -2.11. The first-order valence-corrected chi connectivity index (χ1v) is 9.61. The van der Waals surface area contributed by atoms with Crippen molar-refractivity contribution >= 4 is 31.3 Å². The van der Waals surface area contributed by atoms with Gasteiger partial charge in [-0.15, -0.1) is 11.6 Å². The molecule has 1 rings (SSSR count). The Morgan fingerprint density at radius 3 is 1.95 bits per heavy atom. The smallest absolute Gasteiger partial charge is 0.180 e. The highest BCUT2D eigenvalue weighted by atomic mass is 35.5. The van der Waals surface area contributed by atoms with Crippen LogP contribution in [-0.4, -0.2) is 33.7 Å². The Balaban J connectivity index is 3.13. The number of alkyl halides is 1. The lowest BCUT2D eigenvalue weighted by molar-refractivity contribution is 0.580. The van der Waals surface area contributed by atoms with Crippen LogP contribution in [0.4, 0.5) is 0 Å². The first-order chi connectivity index (χ1) is 8.75. The molecule has 0 saturated heterocycles. The Morgan fingerprint density at radius 2 is 1.53 bits per heavy atom. The Labute approximate surface area is 119 Å². The predicted molar refractivity (Wildman–Crippen MR) is 76.2 cm³/mol. The fraction of sp³-hybridized carbons (Fsp3) is 0.500. The molecule has 0 N–H and O–H groups in total. The van der Waals surface area contributed by atoms with Crippen LogP contribution in [0.1, 0.15) is 20.3 Å². The zero-order valence-electron chi connectivity index (χ0n) is 10.8. The highest BCUT2D eigenvalue weighted by Crippen LogP contribution is 2.21. The molecule has 0 aromatic heterocycles. The van der Waals surface area contributed by atoms with E-state index in [1.165, 1.54) is 24.3 Å². The number of benzene rings is 1. The van der Waals surface area contributed by atoms with Crippen molar-refractivity contribution in [1.82, 2.24) is 0 Å². The van der Waals surface area contributed by atoms with Crippen molar-refractivity contribution in [2.45, 2.75) is 35.3 Å². The highest BCUT2D eigenvalue weighted by molar-refractivity contribution is 7.92. The van der Waals surface area contributed by atoms with Crippen LogP contribution in [0.3, 0.4) is 0 Å². The van der Waals surface area contributed by atoms with Crippen molar-refractivity contribution in [2.75, 3.05) is 11.6 Å². The topological polar surface area (TPSA) is 68.3 Å². The predicted octanol–water partition coefficient (Wildman–Crippen LogP) is 2.27. The zero-order valence-corrected chi connectivity index (χ0v) is 13.2. The van der Waals surface area contributed by atoms with Gasteiger partial charge in [-0.3, -0.25) is 0 Å². The van der Waals surface area contributed by atoms with Crippen molar-refractivity contribution in [1.29, 1.82) is 0 Å². The largest absolute Gasteiger partial charge is 0.224 e. The third kappa shape index (κ3) is 3.70. The van der Waals surface area contributed by atoms with Crippen LogP contribution in [0, 0.1) is 0 Å². The first-order valence-electron chi connectivity index (χ1n) is 5.88. The van der Waals surface area contributed by atoms with Gasteiger partial charge >= 0.3 is 0 Å². The normalized spacial score (nSPS) is 14.3. The zero-order chi connectivity index (χ0) is 14.7. The van der Waals surface area contributed by atoms with Crippen LogP contribution in [0.25, 0.3) is 0 Å². The molecule has 0 aliphatic heterocycles. The third-order valence-electron chi connectivity index (χ3n) is 2.94. The van der Waals surface area contributed by atoms with E-state index >= 15 is 0 Å². The molecule has 0 amide bonds. The summed E-state index contributed by atoms with van der Waals surface area (Å²) in [5.74, 6) is 0.254. The maximum absolute atomic E-state index is 12.1. The Kier molecular flexibility index (Phi) is 5.41. The van der Waals surface area contributed by atoms with Gasteiger partial charge < -0.3 is 0 Å². The molecule has 4 nitrogen and oxygen atoms in total. The van der Waals surface area contributed by atoms with Crippen LogP contribution in [0.2, 0.25) is 0 Å². The summed E-state index contributed by atoms with van der Waals surface area (Å²) in [5, 5.41) is -0.585. The van der Waals surface area contributed by atoms with Gasteiger partial charge in [-0.25, -0.2) is 16.8 Å². The molecule has 0 bridgehead atoms. The van der Waals surface area contributed by atoms with Gasteiger partial charge in [-0.1, -0.05) is 6.92 Å².